The van der Waals surface area contributed by atoms with Gasteiger partial charge in [-0.2, -0.15) is 0 Å². The van der Waals surface area contributed by atoms with Crippen LogP contribution in [0.15, 0.2) is 24.3 Å². The van der Waals surface area contributed by atoms with Crippen LogP contribution in [0, 0.1) is 5.92 Å². The number of benzene rings is 1. The first-order valence-corrected chi connectivity index (χ1v) is 6.02. The molecule has 0 saturated heterocycles. The molecule has 0 saturated carbocycles. The van der Waals surface area contributed by atoms with E-state index >= 15 is 0 Å². The Kier molecular flexibility index (Phi) is 4.63. The summed E-state index contributed by atoms with van der Waals surface area (Å²) in [4.78, 5) is 0. The summed E-state index contributed by atoms with van der Waals surface area (Å²) in [6, 6.07) is 6.40. The summed E-state index contributed by atoms with van der Waals surface area (Å²) in [5.41, 5.74) is 0.824. The largest absolute Gasteiger partial charge is 0.396 e. The Balaban J connectivity index is 3.09. The maximum atomic E-state index is 13.9. The Bertz CT molecular complexity index is 357. The van der Waals surface area contributed by atoms with E-state index in [1.165, 1.54) is 26.0 Å². The molecule has 1 aromatic rings. The smallest absolute Gasteiger partial charge is 0.275 e. The minimum absolute atomic E-state index is 0.00674. The van der Waals surface area contributed by atoms with Gasteiger partial charge in [0, 0.05) is 24.0 Å². The first-order valence-electron chi connectivity index (χ1n) is 6.02. The molecule has 1 nitrogen and oxygen atoms in total. The van der Waals surface area contributed by atoms with Crippen molar-refractivity contribution in [1.29, 1.82) is 0 Å². The van der Waals surface area contributed by atoms with Crippen LogP contribution < -0.4 is 0 Å². The molecule has 1 unspecified atom stereocenters. The van der Waals surface area contributed by atoms with Gasteiger partial charge in [0.15, 0.2) is 0 Å². The van der Waals surface area contributed by atoms with Crippen LogP contribution in [-0.4, -0.2) is 11.7 Å². The minimum atomic E-state index is -2.82. The highest BCUT2D eigenvalue weighted by Crippen LogP contribution is 2.36. The van der Waals surface area contributed by atoms with Gasteiger partial charge in [-0.1, -0.05) is 39.0 Å². The van der Waals surface area contributed by atoms with Crippen molar-refractivity contribution in [3.05, 3.63) is 35.4 Å². The number of hydrogen-bond donors (Lipinski definition) is 1. The average Bonchev–Trinajstić information content (AvgIpc) is 2.31. The lowest BCUT2D eigenvalue weighted by atomic mass is 9.91. The molecule has 96 valence electrons. The van der Waals surface area contributed by atoms with Gasteiger partial charge in [-0.25, -0.2) is 8.78 Å². The molecule has 0 amide bonds. The second-order valence-corrected chi connectivity index (χ2v) is 4.69. The Morgan fingerprint density at radius 2 is 1.94 bits per heavy atom. The molecule has 17 heavy (non-hydrogen) atoms. The van der Waals surface area contributed by atoms with Gasteiger partial charge in [-0.05, 0) is 18.1 Å². The van der Waals surface area contributed by atoms with E-state index in [-0.39, 0.29) is 18.1 Å². The summed E-state index contributed by atoms with van der Waals surface area (Å²) in [6.45, 7) is 4.95. The molecular weight excluding hydrogens is 222 g/mol. The number of hydrogen-bond acceptors (Lipinski definition) is 1. The van der Waals surface area contributed by atoms with E-state index < -0.39 is 11.8 Å². The Labute approximate surface area is 101 Å². The van der Waals surface area contributed by atoms with Crippen molar-refractivity contribution in [1.82, 2.24) is 0 Å². The molecule has 1 N–H and O–H groups in total. The lowest BCUT2D eigenvalue weighted by Crippen LogP contribution is -2.21. The molecule has 0 radical (unpaired) electrons. The van der Waals surface area contributed by atoms with E-state index in [0.717, 1.165) is 12.0 Å². The lowest BCUT2D eigenvalue weighted by molar-refractivity contribution is -0.0514. The third-order valence-electron chi connectivity index (χ3n) is 3.18. The molecule has 0 bridgehead atoms. The standard InChI is InChI=1S/C14H20F2O/c1-4-11(9-17)12-6-5-7-13(8-12)14(15,16)10(2)3/h5-8,10-11,17H,4,9H2,1-3H3. The molecule has 1 atom stereocenters. The number of aliphatic hydroxyl groups excluding tert-OH is 1. The van der Waals surface area contributed by atoms with Gasteiger partial charge in [0.05, 0.1) is 0 Å². The van der Waals surface area contributed by atoms with Gasteiger partial charge in [0.2, 0.25) is 0 Å². The number of halogens is 2. The van der Waals surface area contributed by atoms with Crippen molar-refractivity contribution in [3.8, 4) is 0 Å². The zero-order valence-corrected chi connectivity index (χ0v) is 10.6. The van der Waals surface area contributed by atoms with Gasteiger partial charge < -0.3 is 5.11 Å². The minimum Gasteiger partial charge on any atom is -0.396 e. The molecule has 0 spiro atoms. The fourth-order valence-electron chi connectivity index (χ4n) is 1.80. The van der Waals surface area contributed by atoms with Crippen molar-refractivity contribution in [2.24, 2.45) is 5.92 Å². The van der Waals surface area contributed by atoms with E-state index in [1.54, 1.807) is 12.1 Å². The van der Waals surface area contributed by atoms with E-state index in [4.69, 9.17) is 0 Å². The summed E-state index contributed by atoms with van der Waals surface area (Å²) < 4.78 is 27.7. The highest BCUT2D eigenvalue weighted by Gasteiger charge is 2.35. The molecule has 0 aliphatic heterocycles. The summed E-state index contributed by atoms with van der Waals surface area (Å²) in [5, 5.41) is 9.19. The van der Waals surface area contributed by atoms with Crippen molar-refractivity contribution in [3.63, 3.8) is 0 Å². The fourth-order valence-corrected chi connectivity index (χ4v) is 1.80. The van der Waals surface area contributed by atoms with Crippen LogP contribution >= 0.6 is 0 Å². The van der Waals surface area contributed by atoms with Crippen LogP contribution in [-0.2, 0) is 5.92 Å². The summed E-state index contributed by atoms with van der Waals surface area (Å²) in [6.07, 6.45) is 0.743. The monoisotopic (exact) mass is 242 g/mol. The predicted octanol–water partition coefficient (Wildman–Crippen LogP) is 3.92. The van der Waals surface area contributed by atoms with Gasteiger partial charge >= 0.3 is 0 Å². The summed E-state index contributed by atoms with van der Waals surface area (Å²) in [7, 11) is 0. The van der Waals surface area contributed by atoms with Crippen LogP contribution in [0.1, 0.15) is 44.2 Å². The predicted molar refractivity (Wildman–Crippen MR) is 65.3 cm³/mol. The van der Waals surface area contributed by atoms with Gasteiger partial charge in [0.1, 0.15) is 0 Å². The van der Waals surface area contributed by atoms with Gasteiger partial charge in [-0.3, -0.25) is 0 Å². The average molecular weight is 242 g/mol. The highest BCUT2D eigenvalue weighted by atomic mass is 19.3. The third kappa shape index (κ3) is 3.03. The SMILES string of the molecule is CCC(CO)c1cccc(C(F)(F)C(C)C)c1. The van der Waals surface area contributed by atoms with Crippen LogP contribution in [0.3, 0.4) is 0 Å². The van der Waals surface area contributed by atoms with E-state index in [9.17, 15) is 13.9 Å². The zero-order valence-electron chi connectivity index (χ0n) is 10.6. The Morgan fingerprint density at radius 1 is 1.29 bits per heavy atom. The molecule has 0 fully saturated rings. The molecule has 0 aliphatic rings. The molecular formula is C14H20F2O. The van der Waals surface area contributed by atoms with E-state index in [0.29, 0.717) is 0 Å². The van der Waals surface area contributed by atoms with Crippen molar-refractivity contribution in [2.75, 3.05) is 6.61 Å². The first kappa shape index (κ1) is 14.1. The highest BCUT2D eigenvalue weighted by molar-refractivity contribution is 5.29. The molecule has 0 heterocycles. The van der Waals surface area contributed by atoms with Crippen LogP contribution in [0.4, 0.5) is 8.78 Å². The summed E-state index contributed by atoms with van der Waals surface area (Å²) >= 11 is 0. The lowest BCUT2D eigenvalue weighted by Gasteiger charge is -2.22. The molecule has 1 rings (SSSR count). The van der Waals surface area contributed by atoms with Crippen molar-refractivity contribution >= 4 is 0 Å². The number of aliphatic hydroxyl groups is 1. The Hall–Kier alpha value is -0.960. The Morgan fingerprint density at radius 3 is 2.41 bits per heavy atom. The maximum Gasteiger partial charge on any atom is 0.275 e. The third-order valence-corrected chi connectivity index (χ3v) is 3.18. The van der Waals surface area contributed by atoms with Crippen LogP contribution in [0.25, 0.3) is 0 Å². The number of rotatable bonds is 5. The van der Waals surface area contributed by atoms with Gasteiger partial charge in [0.25, 0.3) is 5.92 Å². The molecule has 0 aromatic heterocycles. The van der Waals surface area contributed by atoms with Crippen LogP contribution in [0.2, 0.25) is 0 Å². The maximum absolute atomic E-state index is 13.9. The fraction of sp³-hybridized carbons (Fsp3) is 0.571. The van der Waals surface area contributed by atoms with E-state index in [1.807, 2.05) is 6.92 Å². The van der Waals surface area contributed by atoms with E-state index in [2.05, 4.69) is 0 Å². The topological polar surface area (TPSA) is 20.2 Å². The van der Waals surface area contributed by atoms with Crippen molar-refractivity contribution in [2.45, 2.75) is 39.0 Å². The zero-order chi connectivity index (χ0) is 13.1. The van der Waals surface area contributed by atoms with Crippen LogP contribution in [0.5, 0.6) is 0 Å². The normalized spacial score (nSPS) is 14.1. The molecule has 1 aromatic carbocycles. The second kappa shape index (κ2) is 5.58. The first-order chi connectivity index (χ1) is 7.93. The quantitative estimate of drug-likeness (QED) is 0.829. The van der Waals surface area contributed by atoms with Crippen molar-refractivity contribution < 1.29 is 13.9 Å². The molecule has 0 aliphatic carbocycles. The number of alkyl halides is 2. The molecule has 3 heteroatoms. The van der Waals surface area contributed by atoms with Gasteiger partial charge in [-0.15, -0.1) is 0 Å². The second-order valence-electron chi connectivity index (χ2n) is 4.69. The summed E-state index contributed by atoms with van der Waals surface area (Å²) in [5.74, 6) is -3.60.